The Morgan fingerprint density at radius 3 is 2.84 bits per heavy atom. The Morgan fingerprint density at radius 2 is 2.05 bits per heavy atom. The second kappa shape index (κ2) is 4.85. The van der Waals surface area contributed by atoms with Crippen LogP contribution in [-0.2, 0) is 11.8 Å². The molecule has 3 rings (SSSR count). The molecule has 0 unspecified atom stereocenters. The van der Waals surface area contributed by atoms with Gasteiger partial charge >= 0.3 is 0 Å². The maximum absolute atomic E-state index is 5.45. The zero-order valence-electron chi connectivity index (χ0n) is 12.5. The van der Waals surface area contributed by atoms with Crippen LogP contribution in [0.5, 0.6) is 5.75 Å². The van der Waals surface area contributed by atoms with E-state index in [0.717, 1.165) is 17.6 Å². The number of benzene rings is 1. The van der Waals surface area contributed by atoms with Gasteiger partial charge in [0.15, 0.2) is 0 Å². The molecule has 1 saturated carbocycles. The fraction of sp³-hybridized carbons (Fsp3) is 0.667. The highest BCUT2D eigenvalue weighted by molar-refractivity contribution is 5.43. The normalized spacial score (nSPS) is 34.1. The summed E-state index contributed by atoms with van der Waals surface area (Å²) >= 11 is 0. The van der Waals surface area contributed by atoms with Gasteiger partial charge in [0.25, 0.3) is 0 Å². The Morgan fingerprint density at radius 1 is 1.21 bits per heavy atom. The molecule has 2 aliphatic rings. The van der Waals surface area contributed by atoms with E-state index in [2.05, 4.69) is 32.0 Å². The van der Waals surface area contributed by atoms with Crippen molar-refractivity contribution in [1.29, 1.82) is 0 Å². The Balaban J connectivity index is 2.09. The van der Waals surface area contributed by atoms with E-state index >= 15 is 0 Å². The molecule has 3 atom stereocenters. The standard InChI is InChI=1S/C18H26O/c1-13-14-7-5-4-6-10-18(13,2)17-12-16(19-3)9-8-15(17)11-14/h8-9,12-14H,4-7,10-11H2,1-3H3/t13-,14-,18-/m0/s1. The first kappa shape index (κ1) is 13.0. The van der Waals surface area contributed by atoms with Gasteiger partial charge in [0, 0.05) is 0 Å². The molecule has 1 aromatic carbocycles. The number of hydrogen-bond acceptors (Lipinski definition) is 1. The summed E-state index contributed by atoms with van der Waals surface area (Å²) in [5, 5.41) is 0. The molecule has 2 aliphatic carbocycles. The lowest BCUT2D eigenvalue weighted by Gasteiger charge is -2.47. The Labute approximate surface area is 117 Å². The van der Waals surface area contributed by atoms with Crippen molar-refractivity contribution in [1.82, 2.24) is 0 Å². The van der Waals surface area contributed by atoms with Crippen molar-refractivity contribution in [3.8, 4) is 5.75 Å². The largest absolute Gasteiger partial charge is 0.497 e. The van der Waals surface area contributed by atoms with Crippen LogP contribution >= 0.6 is 0 Å². The summed E-state index contributed by atoms with van der Waals surface area (Å²) in [7, 11) is 1.78. The SMILES string of the molecule is COc1ccc2c(c1)[C@@]1(C)CCCCC[C@@H](C2)[C@@H]1C. The van der Waals surface area contributed by atoms with Crippen LogP contribution in [0.2, 0.25) is 0 Å². The second-order valence-electron chi connectivity index (χ2n) is 6.79. The first-order chi connectivity index (χ1) is 9.15. The van der Waals surface area contributed by atoms with Crippen LogP contribution in [0.25, 0.3) is 0 Å². The van der Waals surface area contributed by atoms with E-state index in [-0.39, 0.29) is 0 Å². The third-order valence-corrected chi connectivity index (χ3v) is 5.90. The highest BCUT2D eigenvalue weighted by Crippen LogP contribution is 2.50. The summed E-state index contributed by atoms with van der Waals surface area (Å²) in [6.07, 6.45) is 8.25. The van der Waals surface area contributed by atoms with Gasteiger partial charge in [0.2, 0.25) is 0 Å². The van der Waals surface area contributed by atoms with Crippen LogP contribution in [0.1, 0.15) is 57.1 Å². The molecule has 1 nitrogen and oxygen atoms in total. The smallest absolute Gasteiger partial charge is 0.119 e. The molecule has 1 heteroatoms. The van der Waals surface area contributed by atoms with Crippen LogP contribution in [0.3, 0.4) is 0 Å². The van der Waals surface area contributed by atoms with Gasteiger partial charge in [0.1, 0.15) is 5.75 Å². The third kappa shape index (κ3) is 2.07. The lowest BCUT2D eigenvalue weighted by Crippen LogP contribution is -2.41. The summed E-state index contributed by atoms with van der Waals surface area (Å²) < 4.78 is 5.45. The van der Waals surface area contributed by atoms with Crippen molar-refractivity contribution in [2.75, 3.05) is 7.11 Å². The van der Waals surface area contributed by atoms with E-state index in [0.29, 0.717) is 5.41 Å². The first-order valence-corrected chi connectivity index (χ1v) is 7.82. The fourth-order valence-corrected chi connectivity index (χ4v) is 4.41. The molecule has 0 amide bonds. The average Bonchev–Trinajstić information content (AvgIpc) is 2.43. The number of ether oxygens (including phenoxy) is 1. The van der Waals surface area contributed by atoms with E-state index in [4.69, 9.17) is 4.74 Å². The molecule has 1 aromatic rings. The molecule has 104 valence electrons. The summed E-state index contributed by atoms with van der Waals surface area (Å²) in [5.74, 6) is 2.70. The molecular formula is C18H26O. The molecule has 2 bridgehead atoms. The molecule has 0 N–H and O–H groups in total. The van der Waals surface area contributed by atoms with E-state index in [1.807, 2.05) is 0 Å². The van der Waals surface area contributed by atoms with Crippen molar-refractivity contribution >= 4 is 0 Å². The third-order valence-electron chi connectivity index (χ3n) is 5.90. The van der Waals surface area contributed by atoms with Gasteiger partial charge in [-0.25, -0.2) is 0 Å². The van der Waals surface area contributed by atoms with Gasteiger partial charge in [-0.2, -0.15) is 0 Å². The predicted molar refractivity (Wildman–Crippen MR) is 79.8 cm³/mol. The Kier molecular flexibility index (Phi) is 3.32. The minimum absolute atomic E-state index is 0.354. The highest BCUT2D eigenvalue weighted by atomic mass is 16.5. The van der Waals surface area contributed by atoms with Crippen LogP contribution < -0.4 is 4.74 Å². The molecule has 1 fully saturated rings. The number of hydrogen-bond donors (Lipinski definition) is 0. The zero-order valence-corrected chi connectivity index (χ0v) is 12.5. The van der Waals surface area contributed by atoms with Gasteiger partial charge in [-0.3, -0.25) is 0 Å². The topological polar surface area (TPSA) is 9.23 Å². The Hall–Kier alpha value is -0.980. The maximum Gasteiger partial charge on any atom is 0.119 e. The van der Waals surface area contributed by atoms with E-state index in [1.165, 1.54) is 38.5 Å². The highest BCUT2D eigenvalue weighted by Gasteiger charge is 2.43. The lowest BCUT2D eigenvalue weighted by molar-refractivity contribution is 0.151. The van der Waals surface area contributed by atoms with Gasteiger partial charge in [-0.15, -0.1) is 0 Å². The zero-order chi connectivity index (χ0) is 13.5. The predicted octanol–water partition coefficient (Wildman–Crippen LogP) is 4.73. The van der Waals surface area contributed by atoms with E-state index in [1.54, 1.807) is 18.2 Å². The Bertz CT molecular complexity index is 465. The first-order valence-electron chi connectivity index (χ1n) is 7.82. The van der Waals surface area contributed by atoms with Crippen LogP contribution in [0.15, 0.2) is 18.2 Å². The van der Waals surface area contributed by atoms with Gasteiger partial charge in [-0.1, -0.05) is 39.2 Å². The molecule has 0 aromatic heterocycles. The van der Waals surface area contributed by atoms with Crippen LogP contribution in [0.4, 0.5) is 0 Å². The minimum atomic E-state index is 0.354. The molecule has 0 saturated heterocycles. The van der Waals surface area contributed by atoms with Crippen molar-refractivity contribution in [3.63, 3.8) is 0 Å². The molecule has 0 heterocycles. The monoisotopic (exact) mass is 258 g/mol. The quantitative estimate of drug-likeness (QED) is 0.708. The van der Waals surface area contributed by atoms with Gasteiger partial charge < -0.3 is 4.74 Å². The minimum Gasteiger partial charge on any atom is -0.497 e. The van der Waals surface area contributed by atoms with Crippen molar-refractivity contribution in [3.05, 3.63) is 29.3 Å². The summed E-state index contributed by atoms with van der Waals surface area (Å²) in [6.45, 7) is 4.98. The molecule has 0 radical (unpaired) electrons. The molecular weight excluding hydrogens is 232 g/mol. The number of rotatable bonds is 1. The average molecular weight is 258 g/mol. The maximum atomic E-state index is 5.45. The fourth-order valence-electron chi connectivity index (χ4n) is 4.41. The number of methoxy groups -OCH3 is 1. The van der Waals surface area contributed by atoms with Gasteiger partial charge in [0.05, 0.1) is 7.11 Å². The molecule has 19 heavy (non-hydrogen) atoms. The van der Waals surface area contributed by atoms with Crippen LogP contribution in [0, 0.1) is 11.8 Å². The number of fused-ring (bicyclic) bond motifs is 4. The van der Waals surface area contributed by atoms with Crippen molar-refractivity contribution in [2.45, 2.75) is 57.8 Å². The summed E-state index contributed by atoms with van der Waals surface area (Å²) in [4.78, 5) is 0. The van der Waals surface area contributed by atoms with Gasteiger partial charge in [-0.05, 0) is 59.8 Å². The summed E-state index contributed by atoms with van der Waals surface area (Å²) in [6, 6.07) is 6.76. The molecule has 0 spiro atoms. The van der Waals surface area contributed by atoms with E-state index in [9.17, 15) is 0 Å². The van der Waals surface area contributed by atoms with E-state index < -0.39 is 0 Å². The van der Waals surface area contributed by atoms with Crippen molar-refractivity contribution in [2.24, 2.45) is 11.8 Å². The summed E-state index contributed by atoms with van der Waals surface area (Å²) in [5.41, 5.74) is 3.50. The second-order valence-corrected chi connectivity index (χ2v) is 6.79. The van der Waals surface area contributed by atoms with Crippen molar-refractivity contribution < 1.29 is 4.74 Å². The lowest BCUT2D eigenvalue weighted by atomic mass is 9.57. The molecule has 0 aliphatic heterocycles. The van der Waals surface area contributed by atoms with Crippen LogP contribution in [-0.4, -0.2) is 7.11 Å².